The minimum atomic E-state index is -0.983. The maximum atomic E-state index is 12.6. The summed E-state index contributed by atoms with van der Waals surface area (Å²) in [4.78, 5) is 25.4. The van der Waals surface area contributed by atoms with E-state index >= 15 is 0 Å². The van der Waals surface area contributed by atoms with Gasteiger partial charge < -0.3 is 14.7 Å². The number of carbonyl (C=O) groups excluding carboxylic acids is 1. The molecule has 0 radical (unpaired) electrons. The highest BCUT2D eigenvalue weighted by Gasteiger charge is 2.23. The second-order valence-corrected chi connectivity index (χ2v) is 5.85. The first-order valence-electron chi connectivity index (χ1n) is 7.83. The summed E-state index contributed by atoms with van der Waals surface area (Å²) >= 11 is 0. The van der Waals surface area contributed by atoms with Gasteiger partial charge in [0.2, 0.25) is 5.91 Å². The molecule has 0 aliphatic carbocycles. The van der Waals surface area contributed by atoms with Gasteiger partial charge in [-0.15, -0.1) is 0 Å². The second-order valence-electron chi connectivity index (χ2n) is 5.85. The number of carboxylic acids is 1. The number of hydrogen-bond donors (Lipinski definition) is 1. The van der Waals surface area contributed by atoms with Crippen LogP contribution < -0.4 is 4.74 Å². The molecule has 2 aromatic carbocycles. The van der Waals surface area contributed by atoms with Crippen LogP contribution in [0.3, 0.4) is 0 Å². The lowest BCUT2D eigenvalue weighted by Gasteiger charge is -2.30. The van der Waals surface area contributed by atoms with E-state index < -0.39 is 5.97 Å². The van der Waals surface area contributed by atoms with E-state index in [9.17, 15) is 9.59 Å². The quantitative estimate of drug-likeness (QED) is 0.938. The average molecular weight is 325 g/mol. The normalized spacial score (nSPS) is 13.3. The molecule has 0 saturated heterocycles. The number of amides is 1. The summed E-state index contributed by atoms with van der Waals surface area (Å²) in [5.74, 6) is -0.108. The van der Waals surface area contributed by atoms with Crippen LogP contribution in [0, 0.1) is 0 Å². The predicted molar refractivity (Wildman–Crippen MR) is 89.2 cm³/mol. The fraction of sp³-hybridized carbons (Fsp3) is 0.263. The molecular weight excluding hydrogens is 306 g/mol. The number of ether oxygens (including phenoxy) is 1. The number of nitrogens with zero attached hydrogens (tertiary/aromatic N) is 1. The Bertz CT molecular complexity index is 785. The first-order valence-corrected chi connectivity index (χ1v) is 7.83. The van der Waals surface area contributed by atoms with E-state index in [1.807, 2.05) is 23.1 Å². The van der Waals surface area contributed by atoms with Crippen molar-refractivity contribution in [2.24, 2.45) is 0 Å². The van der Waals surface area contributed by atoms with E-state index in [2.05, 4.69) is 0 Å². The molecule has 0 spiro atoms. The Morgan fingerprint density at radius 1 is 1.21 bits per heavy atom. The molecule has 5 heteroatoms. The van der Waals surface area contributed by atoms with Crippen molar-refractivity contribution in [2.45, 2.75) is 19.4 Å². The third-order valence-electron chi connectivity index (χ3n) is 4.32. The van der Waals surface area contributed by atoms with Crippen LogP contribution in [0.5, 0.6) is 5.75 Å². The van der Waals surface area contributed by atoms with Crippen LogP contribution in [0.15, 0.2) is 42.5 Å². The van der Waals surface area contributed by atoms with E-state index in [1.54, 1.807) is 25.3 Å². The van der Waals surface area contributed by atoms with E-state index in [-0.39, 0.29) is 17.9 Å². The monoisotopic (exact) mass is 325 g/mol. The summed E-state index contributed by atoms with van der Waals surface area (Å²) in [7, 11) is 1.66. The van der Waals surface area contributed by atoms with Gasteiger partial charge in [0, 0.05) is 18.7 Å². The molecule has 1 aliphatic heterocycles. The second kappa shape index (κ2) is 6.74. The molecule has 1 heterocycles. The molecular formula is C19H19NO4. The number of fused-ring (bicyclic) bond motifs is 1. The Labute approximate surface area is 140 Å². The maximum absolute atomic E-state index is 12.6. The van der Waals surface area contributed by atoms with Crippen LogP contribution in [0.1, 0.15) is 27.0 Å². The summed E-state index contributed by atoms with van der Waals surface area (Å²) in [6.07, 6.45) is 0.973. The minimum Gasteiger partial charge on any atom is -0.496 e. The van der Waals surface area contributed by atoms with Crippen molar-refractivity contribution in [1.82, 2.24) is 4.90 Å². The summed E-state index contributed by atoms with van der Waals surface area (Å²) in [5, 5.41) is 9.04. The lowest BCUT2D eigenvalue weighted by molar-refractivity contribution is -0.131. The Hall–Kier alpha value is -2.82. The number of benzene rings is 2. The lowest BCUT2D eigenvalue weighted by atomic mass is 9.98. The van der Waals surface area contributed by atoms with Gasteiger partial charge in [-0.1, -0.05) is 24.3 Å². The van der Waals surface area contributed by atoms with Crippen LogP contribution >= 0.6 is 0 Å². The van der Waals surface area contributed by atoms with E-state index in [4.69, 9.17) is 9.84 Å². The Morgan fingerprint density at radius 2 is 2.00 bits per heavy atom. The third kappa shape index (κ3) is 3.25. The van der Waals surface area contributed by atoms with Crippen molar-refractivity contribution in [3.05, 3.63) is 64.7 Å². The standard InChI is InChI=1S/C19H19NO4/c1-24-17-7-3-6-15-12-20(9-8-16(15)17)18(21)11-13-4-2-5-14(10-13)19(22)23/h2-7,10H,8-9,11-12H2,1H3,(H,22,23). The zero-order valence-corrected chi connectivity index (χ0v) is 13.5. The van der Waals surface area contributed by atoms with Gasteiger partial charge in [-0.3, -0.25) is 4.79 Å². The van der Waals surface area contributed by atoms with Crippen molar-refractivity contribution in [1.29, 1.82) is 0 Å². The molecule has 0 fully saturated rings. The largest absolute Gasteiger partial charge is 0.496 e. The fourth-order valence-corrected chi connectivity index (χ4v) is 3.08. The fourth-order valence-electron chi connectivity index (χ4n) is 3.08. The zero-order chi connectivity index (χ0) is 17.1. The number of carboxylic acid groups (broad SMARTS) is 1. The predicted octanol–water partition coefficient (Wildman–Crippen LogP) is 2.52. The third-order valence-corrected chi connectivity index (χ3v) is 4.32. The van der Waals surface area contributed by atoms with Gasteiger partial charge in [0.25, 0.3) is 0 Å². The van der Waals surface area contributed by atoms with Crippen LogP contribution in [0.2, 0.25) is 0 Å². The minimum absolute atomic E-state index is 0.00556. The molecule has 0 atom stereocenters. The first kappa shape index (κ1) is 16.1. The van der Waals surface area contributed by atoms with Crippen molar-refractivity contribution in [3.8, 4) is 5.75 Å². The number of methoxy groups -OCH3 is 1. The van der Waals surface area contributed by atoms with Crippen molar-refractivity contribution >= 4 is 11.9 Å². The summed E-state index contributed by atoms with van der Waals surface area (Å²) in [6.45, 7) is 1.20. The van der Waals surface area contributed by atoms with Gasteiger partial charge in [0.05, 0.1) is 19.1 Å². The summed E-state index contributed by atoms with van der Waals surface area (Å²) < 4.78 is 5.38. The highest BCUT2D eigenvalue weighted by Crippen LogP contribution is 2.28. The van der Waals surface area contributed by atoms with Crippen molar-refractivity contribution < 1.29 is 19.4 Å². The van der Waals surface area contributed by atoms with Gasteiger partial charge in [-0.05, 0) is 35.7 Å². The van der Waals surface area contributed by atoms with Gasteiger partial charge in [0.15, 0.2) is 0 Å². The van der Waals surface area contributed by atoms with Gasteiger partial charge in [0.1, 0.15) is 5.75 Å². The molecule has 3 rings (SSSR count). The maximum Gasteiger partial charge on any atom is 0.335 e. The molecule has 24 heavy (non-hydrogen) atoms. The number of aromatic carboxylic acids is 1. The highest BCUT2D eigenvalue weighted by molar-refractivity contribution is 5.88. The van der Waals surface area contributed by atoms with Gasteiger partial charge in [-0.25, -0.2) is 4.79 Å². The SMILES string of the molecule is COc1cccc2c1CCN(C(=O)Cc1cccc(C(=O)O)c1)C2. The Balaban J connectivity index is 1.73. The molecule has 2 aromatic rings. The van der Waals surface area contributed by atoms with Crippen molar-refractivity contribution in [3.63, 3.8) is 0 Å². The molecule has 0 unspecified atom stereocenters. The summed E-state index contributed by atoms with van der Waals surface area (Å²) in [5.41, 5.74) is 3.19. The number of carbonyl (C=O) groups is 2. The lowest BCUT2D eigenvalue weighted by Crippen LogP contribution is -2.37. The van der Waals surface area contributed by atoms with Gasteiger partial charge >= 0.3 is 5.97 Å². The van der Waals surface area contributed by atoms with Crippen molar-refractivity contribution in [2.75, 3.05) is 13.7 Å². The molecule has 124 valence electrons. The Kier molecular flexibility index (Phi) is 4.51. The smallest absolute Gasteiger partial charge is 0.335 e. The average Bonchev–Trinajstić information content (AvgIpc) is 2.60. The number of hydrogen-bond acceptors (Lipinski definition) is 3. The van der Waals surface area contributed by atoms with E-state index in [1.165, 1.54) is 6.07 Å². The summed E-state index contributed by atoms with van der Waals surface area (Å²) in [6, 6.07) is 12.4. The topological polar surface area (TPSA) is 66.8 Å². The molecule has 0 bridgehead atoms. The van der Waals surface area contributed by atoms with Crippen LogP contribution in [0.4, 0.5) is 0 Å². The molecule has 0 saturated carbocycles. The molecule has 1 amide bonds. The zero-order valence-electron chi connectivity index (χ0n) is 13.5. The molecule has 5 nitrogen and oxygen atoms in total. The molecule has 1 aliphatic rings. The highest BCUT2D eigenvalue weighted by atomic mass is 16.5. The first-order chi connectivity index (χ1) is 11.6. The molecule has 0 aromatic heterocycles. The van der Waals surface area contributed by atoms with E-state index in [0.717, 1.165) is 28.9 Å². The van der Waals surface area contributed by atoms with Gasteiger partial charge in [-0.2, -0.15) is 0 Å². The number of rotatable bonds is 4. The van der Waals surface area contributed by atoms with Crippen LogP contribution in [-0.4, -0.2) is 35.5 Å². The van der Waals surface area contributed by atoms with E-state index in [0.29, 0.717) is 13.1 Å². The van der Waals surface area contributed by atoms with Crippen LogP contribution in [-0.2, 0) is 24.2 Å². The van der Waals surface area contributed by atoms with Crippen LogP contribution in [0.25, 0.3) is 0 Å². The molecule has 1 N–H and O–H groups in total. The Morgan fingerprint density at radius 3 is 2.75 bits per heavy atom.